The van der Waals surface area contributed by atoms with Gasteiger partial charge >= 0.3 is 0 Å². The van der Waals surface area contributed by atoms with Crippen molar-refractivity contribution in [2.24, 2.45) is 0 Å². The van der Waals surface area contributed by atoms with Crippen LogP contribution in [0.15, 0.2) is 67.6 Å². The van der Waals surface area contributed by atoms with E-state index >= 15 is 0 Å². The van der Waals surface area contributed by atoms with Gasteiger partial charge in [-0.3, -0.25) is 0 Å². The van der Waals surface area contributed by atoms with Crippen molar-refractivity contribution in [2.75, 3.05) is 36.5 Å². The lowest BCUT2D eigenvalue weighted by Gasteiger charge is -2.27. The molecule has 1 N–H and O–H groups in total. The summed E-state index contributed by atoms with van der Waals surface area (Å²) < 4.78 is 7.39. The van der Waals surface area contributed by atoms with Crippen LogP contribution >= 0.6 is 0 Å². The van der Waals surface area contributed by atoms with Gasteiger partial charge in [0, 0.05) is 48.8 Å². The Bertz CT molecular complexity index is 1390. The van der Waals surface area contributed by atoms with E-state index in [0.29, 0.717) is 5.82 Å². The normalized spacial score (nSPS) is 14.2. The fourth-order valence-electron chi connectivity index (χ4n) is 3.87. The molecule has 1 aliphatic heterocycles. The Morgan fingerprint density at radius 1 is 0.969 bits per heavy atom. The fourth-order valence-corrected chi connectivity index (χ4v) is 3.87. The zero-order valence-electron chi connectivity index (χ0n) is 17.2. The first-order valence-corrected chi connectivity index (χ1v) is 10.4. The van der Waals surface area contributed by atoms with Gasteiger partial charge in [0.05, 0.1) is 36.3 Å². The molecular weight excluding hydrogens is 404 g/mol. The molecule has 0 bridgehead atoms. The van der Waals surface area contributed by atoms with Crippen molar-refractivity contribution in [3.63, 3.8) is 0 Å². The predicted molar refractivity (Wildman–Crippen MR) is 122 cm³/mol. The quantitative estimate of drug-likeness (QED) is 0.470. The summed E-state index contributed by atoms with van der Waals surface area (Å²) in [5.41, 5.74) is 4.30. The van der Waals surface area contributed by atoms with E-state index in [0.717, 1.165) is 65.6 Å². The number of nitrogens with one attached hydrogen (secondary N) is 1. The van der Waals surface area contributed by atoms with Crippen molar-refractivity contribution in [2.45, 2.75) is 0 Å². The van der Waals surface area contributed by atoms with Crippen LogP contribution in [0.3, 0.4) is 0 Å². The van der Waals surface area contributed by atoms with Crippen molar-refractivity contribution < 1.29 is 4.74 Å². The summed E-state index contributed by atoms with van der Waals surface area (Å²) in [7, 11) is 0. The van der Waals surface area contributed by atoms with Gasteiger partial charge in [-0.1, -0.05) is 6.07 Å². The summed E-state index contributed by atoms with van der Waals surface area (Å²) in [5.74, 6) is 1.61. The number of anilines is 3. The van der Waals surface area contributed by atoms with Gasteiger partial charge in [0.1, 0.15) is 12.1 Å². The Balaban J connectivity index is 1.34. The molecule has 1 aromatic carbocycles. The van der Waals surface area contributed by atoms with Crippen molar-refractivity contribution in [1.82, 2.24) is 29.3 Å². The maximum Gasteiger partial charge on any atom is 0.180 e. The number of morpholine rings is 1. The van der Waals surface area contributed by atoms with Crippen LogP contribution in [-0.4, -0.2) is 55.6 Å². The van der Waals surface area contributed by atoms with E-state index in [1.807, 2.05) is 59.5 Å². The van der Waals surface area contributed by atoms with Crippen molar-refractivity contribution in [3.05, 3.63) is 67.6 Å². The molecule has 0 saturated carbocycles. The first-order chi connectivity index (χ1) is 15.8. The smallest absolute Gasteiger partial charge is 0.180 e. The first-order valence-electron chi connectivity index (χ1n) is 10.4. The molecule has 9 heteroatoms. The van der Waals surface area contributed by atoms with Gasteiger partial charge in [0.2, 0.25) is 0 Å². The van der Waals surface area contributed by atoms with Gasteiger partial charge in [0.25, 0.3) is 0 Å². The van der Waals surface area contributed by atoms with Gasteiger partial charge in [-0.15, -0.1) is 0 Å². The molecule has 4 aromatic heterocycles. The maximum absolute atomic E-state index is 5.42. The minimum absolute atomic E-state index is 0.665. The number of nitrogens with zero attached hydrogens (tertiary/aromatic N) is 7. The maximum atomic E-state index is 5.42. The molecule has 6 rings (SSSR count). The molecule has 5 heterocycles. The molecule has 0 spiro atoms. The first kappa shape index (κ1) is 18.6. The number of rotatable bonds is 4. The Morgan fingerprint density at radius 2 is 1.91 bits per heavy atom. The second-order valence-electron chi connectivity index (χ2n) is 7.56. The molecule has 1 saturated heterocycles. The molecule has 5 aromatic rings. The Hall–Kier alpha value is -4.11. The van der Waals surface area contributed by atoms with Gasteiger partial charge in [0.15, 0.2) is 11.5 Å². The average Bonchev–Trinajstić information content (AvgIpc) is 3.34. The standard InChI is InChI=1S/C23H20N8O/c1-3-19-17(12-24-15-27-19)11-16(1)20-14-31-6-5-25-23(31)22(29-20)28-18-2-4-21(26-13-18)30-7-9-32-10-8-30/h1-6,11-15H,7-10H2,(H,28,29). The van der Waals surface area contributed by atoms with Crippen LogP contribution in [0.5, 0.6) is 0 Å². The van der Waals surface area contributed by atoms with Gasteiger partial charge in [-0.05, 0) is 24.3 Å². The van der Waals surface area contributed by atoms with Crippen LogP contribution in [-0.2, 0) is 4.74 Å². The van der Waals surface area contributed by atoms with Crippen molar-refractivity contribution in [1.29, 1.82) is 0 Å². The van der Waals surface area contributed by atoms with Crippen LogP contribution in [0.25, 0.3) is 27.8 Å². The van der Waals surface area contributed by atoms with E-state index in [-0.39, 0.29) is 0 Å². The van der Waals surface area contributed by atoms with E-state index in [1.54, 1.807) is 12.5 Å². The largest absolute Gasteiger partial charge is 0.378 e. The molecule has 0 amide bonds. The number of benzene rings is 1. The number of hydrogen-bond donors (Lipinski definition) is 1. The highest BCUT2D eigenvalue weighted by molar-refractivity contribution is 5.83. The SMILES string of the molecule is c1ncc2cc(-c3cn4ccnc4c(Nc4ccc(N5CCOCC5)nc4)n3)ccc2n1. The molecule has 158 valence electrons. The highest BCUT2D eigenvalue weighted by Gasteiger charge is 2.13. The minimum atomic E-state index is 0.665. The number of aromatic nitrogens is 6. The topological polar surface area (TPSA) is 93.4 Å². The molecule has 9 nitrogen and oxygen atoms in total. The van der Waals surface area contributed by atoms with E-state index in [9.17, 15) is 0 Å². The lowest BCUT2D eigenvalue weighted by atomic mass is 10.1. The van der Waals surface area contributed by atoms with E-state index in [1.165, 1.54) is 0 Å². The lowest BCUT2D eigenvalue weighted by molar-refractivity contribution is 0.122. The molecule has 0 unspecified atom stereocenters. The van der Waals surface area contributed by atoms with Crippen LogP contribution in [0.2, 0.25) is 0 Å². The minimum Gasteiger partial charge on any atom is -0.378 e. The highest BCUT2D eigenvalue weighted by atomic mass is 16.5. The summed E-state index contributed by atoms with van der Waals surface area (Å²) in [6.45, 7) is 3.18. The number of ether oxygens (including phenoxy) is 1. The monoisotopic (exact) mass is 424 g/mol. The Kier molecular flexibility index (Phi) is 4.58. The van der Waals surface area contributed by atoms with Gasteiger partial charge in [-0.2, -0.15) is 0 Å². The Morgan fingerprint density at radius 3 is 2.78 bits per heavy atom. The van der Waals surface area contributed by atoms with Gasteiger partial charge in [-0.25, -0.2) is 24.9 Å². The summed E-state index contributed by atoms with van der Waals surface area (Å²) in [4.78, 5) is 24.6. The molecule has 1 aliphatic rings. The highest BCUT2D eigenvalue weighted by Crippen LogP contribution is 2.27. The van der Waals surface area contributed by atoms with Crippen LogP contribution in [0, 0.1) is 0 Å². The van der Waals surface area contributed by atoms with Crippen molar-refractivity contribution in [3.8, 4) is 11.3 Å². The van der Waals surface area contributed by atoms with Gasteiger partial charge < -0.3 is 19.4 Å². The van der Waals surface area contributed by atoms with Crippen LogP contribution in [0.4, 0.5) is 17.3 Å². The lowest BCUT2D eigenvalue weighted by Crippen LogP contribution is -2.36. The number of pyridine rings is 1. The summed E-state index contributed by atoms with van der Waals surface area (Å²) in [6.07, 6.45) is 10.8. The second kappa shape index (κ2) is 7.86. The predicted octanol–water partition coefficient (Wildman–Crippen LogP) is 3.31. The van der Waals surface area contributed by atoms with Crippen LogP contribution < -0.4 is 10.2 Å². The van der Waals surface area contributed by atoms with E-state index in [2.05, 4.69) is 30.2 Å². The molecule has 32 heavy (non-hydrogen) atoms. The van der Waals surface area contributed by atoms with Crippen molar-refractivity contribution >= 4 is 33.9 Å². The Labute approximate surface area is 183 Å². The summed E-state index contributed by atoms with van der Waals surface area (Å²) in [5, 5.41) is 4.35. The molecule has 0 atom stereocenters. The summed E-state index contributed by atoms with van der Waals surface area (Å²) >= 11 is 0. The number of fused-ring (bicyclic) bond motifs is 2. The zero-order valence-corrected chi connectivity index (χ0v) is 17.2. The van der Waals surface area contributed by atoms with Crippen LogP contribution in [0.1, 0.15) is 0 Å². The number of imidazole rings is 1. The average molecular weight is 424 g/mol. The van der Waals surface area contributed by atoms with E-state index < -0.39 is 0 Å². The van der Waals surface area contributed by atoms with E-state index in [4.69, 9.17) is 9.72 Å². The third kappa shape index (κ3) is 3.48. The molecule has 1 fully saturated rings. The molecular formula is C23H20N8O. The summed E-state index contributed by atoms with van der Waals surface area (Å²) in [6, 6.07) is 10.1. The third-order valence-corrected chi connectivity index (χ3v) is 5.52. The molecule has 0 radical (unpaired) electrons. The number of hydrogen-bond acceptors (Lipinski definition) is 8. The third-order valence-electron chi connectivity index (χ3n) is 5.52. The molecule has 0 aliphatic carbocycles. The fraction of sp³-hybridized carbons (Fsp3) is 0.174. The second-order valence-corrected chi connectivity index (χ2v) is 7.56. The zero-order chi connectivity index (χ0) is 21.3.